The third-order valence-electron chi connectivity index (χ3n) is 3.82. The molecule has 1 saturated heterocycles. The summed E-state index contributed by atoms with van der Waals surface area (Å²) in [6, 6.07) is 2.10. The van der Waals surface area contributed by atoms with Crippen molar-refractivity contribution >= 4 is 15.8 Å². The Kier molecular flexibility index (Phi) is 4.41. The highest BCUT2D eigenvalue weighted by Crippen LogP contribution is 2.28. The van der Waals surface area contributed by atoms with Gasteiger partial charge in [0.15, 0.2) is 11.5 Å². The Morgan fingerprint density at radius 3 is 2.24 bits per heavy atom. The van der Waals surface area contributed by atoms with Crippen LogP contribution in [0.2, 0.25) is 0 Å². The third-order valence-corrected chi connectivity index (χ3v) is 5.67. The highest BCUT2D eigenvalue weighted by Gasteiger charge is 2.34. The van der Waals surface area contributed by atoms with E-state index in [1.165, 1.54) is 27.4 Å². The van der Waals surface area contributed by atoms with Crippen molar-refractivity contribution in [3.63, 3.8) is 0 Å². The molecule has 0 aromatic carbocycles. The van der Waals surface area contributed by atoms with Gasteiger partial charge in [-0.1, -0.05) is 0 Å². The summed E-state index contributed by atoms with van der Waals surface area (Å²) in [4.78, 5) is 1.81. The molecule has 8 nitrogen and oxygen atoms in total. The predicted octanol–water partition coefficient (Wildman–Crippen LogP) is 0.740. The van der Waals surface area contributed by atoms with Crippen molar-refractivity contribution in [1.82, 2.24) is 24.3 Å². The predicted molar refractivity (Wildman–Crippen MR) is 81.2 cm³/mol. The normalized spacial score (nSPS) is 17.0. The van der Waals surface area contributed by atoms with Gasteiger partial charge in [0.2, 0.25) is 10.0 Å². The van der Waals surface area contributed by atoms with Gasteiger partial charge in [-0.15, -0.1) is 10.2 Å². The lowest BCUT2D eigenvalue weighted by atomic mass is 10.3. The van der Waals surface area contributed by atoms with Gasteiger partial charge < -0.3 is 4.90 Å². The summed E-state index contributed by atoms with van der Waals surface area (Å²) in [6.07, 6.45) is -1.84. The molecule has 2 aromatic rings. The summed E-state index contributed by atoms with van der Waals surface area (Å²) >= 11 is 0. The van der Waals surface area contributed by atoms with Gasteiger partial charge in [0, 0.05) is 39.4 Å². The fourth-order valence-electron chi connectivity index (χ4n) is 2.48. The van der Waals surface area contributed by atoms with Gasteiger partial charge in [0.1, 0.15) is 4.90 Å². The minimum absolute atomic E-state index is 0.109. The van der Waals surface area contributed by atoms with Crippen LogP contribution in [-0.4, -0.2) is 58.9 Å². The van der Waals surface area contributed by atoms with Gasteiger partial charge in [-0.25, -0.2) is 8.42 Å². The van der Waals surface area contributed by atoms with Gasteiger partial charge in [0.05, 0.1) is 6.20 Å². The fraction of sp³-hybridized carbons (Fsp3) is 0.462. The van der Waals surface area contributed by atoms with Gasteiger partial charge in [0.25, 0.3) is 0 Å². The van der Waals surface area contributed by atoms with E-state index in [4.69, 9.17) is 0 Å². The molecule has 0 amide bonds. The zero-order chi connectivity index (χ0) is 18.2. The molecule has 1 aliphatic heterocycles. The van der Waals surface area contributed by atoms with Gasteiger partial charge in [-0.05, 0) is 12.1 Å². The molecule has 0 aliphatic carbocycles. The molecule has 0 N–H and O–H groups in total. The van der Waals surface area contributed by atoms with Crippen LogP contribution in [0.15, 0.2) is 29.4 Å². The molecule has 136 valence electrons. The van der Waals surface area contributed by atoms with Crippen molar-refractivity contribution in [3.05, 3.63) is 30.2 Å². The summed E-state index contributed by atoms with van der Waals surface area (Å²) in [5.74, 6) is 0.284. The standard InChI is InChI=1S/C13H15F3N6O2S/c1-20-9-10(8-17-20)25(23,24)22-6-4-21(5-7-22)12-3-2-11(18-19-12)13(14,15)16/h2-3,8-9H,4-7H2,1H3. The van der Waals surface area contributed by atoms with Crippen LogP contribution in [0.5, 0.6) is 0 Å². The molecule has 0 bridgehead atoms. The third kappa shape index (κ3) is 3.58. The molecule has 1 fully saturated rings. The minimum atomic E-state index is -4.54. The monoisotopic (exact) mass is 376 g/mol. The number of aryl methyl sites for hydroxylation is 1. The lowest BCUT2D eigenvalue weighted by molar-refractivity contribution is -0.141. The smallest absolute Gasteiger partial charge is 0.352 e. The maximum absolute atomic E-state index is 12.5. The van der Waals surface area contributed by atoms with Crippen LogP contribution in [0.25, 0.3) is 0 Å². The summed E-state index contributed by atoms with van der Waals surface area (Å²) < 4.78 is 65.3. The second kappa shape index (κ2) is 6.26. The molecule has 0 atom stereocenters. The van der Waals surface area contributed by atoms with Gasteiger partial charge >= 0.3 is 6.18 Å². The first-order valence-electron chi connectivity index (χ1n) is 7.32. The molecule has 0 spiro atoms. The van der Waals surface area contributed by atoms with Crippen molar-refractivity contribution in [2.45, 2.75) is 11.1 Å². The van der Waals surface area contributed by atoms with E-state index >= 15 is 0 Å². The topological polar surface area (TPSA) is 84.2 Å². The number of anilines is 1. The molecule has 0 saturated carbocycles. The Labute approximate surface area is 141 Å². The molecular weight excluding hydrogens is 361 g/mol. The maximum Gasteiger partial charge on any atom is 0.435 e. The Bertz CT molecular complexity index is 841. The number of alkyl halides is 3. The maximum atomic E-state index is 12.5. The first-order chi connectivity index (χ1) is 11.7. The van der Waals surface area contributed by atoms with Crippen LogP contribution in [-0.2, 0) is 23.2 Å². The molecule has 1 aliphatic rings. The summed E-state index contributed by atoms with van der Waals surface area (Å²) in [6.45, 7) is 0.999. The number of piperazine rings is 1. The van der Waals surface area contributed by atoms with Crippen molar-refractivity contribution in [2.24, 2.45) is 7.05 Å². The Hall–Kier alpha value is -2.21. The summed E-state index contributed by atoms with van der Waals surface area (Å²) in [7, 11) is -2.01. The zero-order valence-corrected chi connectivity index (χ0v) is 14.0. The van der Waals surface area contributed by atoms with Crippen LogP contribution in [0.4, 0.5) is 19.0 Å². The number of hydrogen-bond acceptors (Lipinski definition) is 6. The van der Waals surface area contributed by atoms with E-state index in [-0.39, 0.29) is 23.8 Å². The first kappa shape index (κ1) is 17.6. The van der Waals surface area contributed by atoms with E-state index in [0.717, 1.165) is 6.07 Å². The summed E-state index contributed by atoms with van der Waals surface area (Å²) in [5, 5.41) is 10.6. The molecule has 3 rings (SSSR count). The average molecular weight is 376 g/mol. The first-order valence-corrected chi connectivity index (χ1v) is 8.76. The van der Waals surface area contributed by atoms with Gasteiger partial charge in [-0.2, -0.15) is 22.6 Å². The van der Waals surface area contributed by atoms with E-state index in [1.54, 1.807) is 11.9 Å². The fourth-order valence-corrected chi connectivity index (χ4v) is 3.89. The van der Waals surface area contributed by atoms with Crippen molar-refractivity contribution in [1.29, 1.82) is 0 Å². The average Bonchev–Trinajstić information content (AvgIpc) is 3.02. The number of halogens is 3. The van der Waals surface area contributed by atoms with E-state index in [9.17, 15) is 21.6 Å². The van der Waals surface area contributed by atoms with Crippen LogP contribution in [0, 0.1) is 0 Å². The highest BCUT2D eigenvalue weighted by molar-refractivity contribution is 7.89. The number of hydrogen-bond donors (Lipinski definition) is 0. The molecular formula is C13H15F3N6O2S. The number of sulfonamides is 1. The molecule has 0 unspecified atom stereocenters. The van der Waals surface area contributed by atoms with Crippen molar-refractivity contribution in [3.8, 4) is 0 Å². The van der Waals surface area contributed by atoms with Crippen molar-refractivity contribution < 1.29 is 21.6 Å². The number of aromatic nitrogens is 4. The highest BCUT2D eigenvalue weighted by atomic mass is 32.2. The quantitative estimate of drug-likeness (QED) is 0.786. The molecule has 25 heavy (non-hydrogen) atoms. The van der Waals surface area contributed by atoms with Crippen molar-refractivity contribution in [2.75, 3.05) is 31.1 Å². The Morgan fingerprint density at radius 1 is 1.08 bits per heavy atom. The SMILES string of the molecule is Cn1cc(S(=O)(=O)N2CCN(c3ccc(C(F)(F)F)nn3)CC2)cn1. The molecule has 12 heteroatoms. The molecule has 0 radical (unpaired) electrons. The second-order valence-electron chi connectivity index (χ2n) is 5.52. The van der Waals surface area contributed by atoms with E-state index in [1.807, 2.05) is 0 Å². The lowest BCUT2D eigenvalue weighted by Crippen LogP contribution is -2.48. The number of rotatable bonds is 3. The Balaban J connectivity index is 1.68. The molecule has 3 heterocycles. The minimum Gasteiger partial charge on any atom is -0.352 e. The van der Waals surface area contributed by atoms with E-state index in [2.05, 4.69) is 15.3 Å². The van der Waals surface area contributed by atoms with Crippen LogP contribution in [0.1, 0.15) is 5.69 Å². The second-order valence-corrected chi connectivity index (χ2v) is 7.45. The van der Waals surface area contributed by atoms with Crippen LogP contribution in [0.3, 0.4) is 0 Å². The molecule has 2 aromatic heterocycles. The lowest BCUT2D eigenvalue weighted by Gasteiger charge is -2.34. The van der Waals surface area contributed by atoms with Crippen LogP contribution < -0.4 is 4.90 Å². The van der Waals surface area contributed by atoms with Crippen LogP contribution >= 0.6 is 0 Å². The zero-order valence-electron chi connectivity index (χ0n) is 13.2. The van der Waals surface area contributed by atoms with E-state index < -0.39 is 21.9 Å². The number of nitrogens with zero attached hydrogens (tertiary/aromatic N) is 6. The van der Waals surface area contributed by atoms with E-state index in [0.29, 0.717) is 13.1 Å². The Morgan fingerprint density at radius 2 is 1.76 bits per heavy atom. The summed E-state index contributed by atoms with van der Waals surface area (Å²) in [5.41, 5.74) is -1.06. The largest absolute Gasteiger partial charge is 0.435 e. The van der Waals surface area contributed by atoms with Gasteiger partial charge in [-0.3, -0.25) is 4.68 Å².